The van der Waals surface area contributed by atoms with Crippen LogP contribution in [0.3, 0.4) is 0 Å². The fourth-order valence-corrected chi connectivity index (χ4v) is 4.98. The molecule has 6 nitrogen and oxygen atoms in total. The Morgan fingerprint density at radius 2 is 2.03 bits per heavy atom. The van der Waals surface area contributed by atoms with E-state index in [9.17, 15) is 9.59 Å². The van der Waals surface area contributed by atoms with Gasteiger partial charge in [-0.05, 0) is 55.0 Å². The molecule has 1 N–H and O–H groups in total. The number of carbonyl (C=O) groups is 2. The number of hydrogen-bond donors (Lipinski definition) is 1. The van der Waals surface area contributed by atoms with E-state index >= 15 is 0 Å². The van der Waals surface area contributed by atoms with E-state index in [1.165, 1.54) is 17.4 Å². The first kappa shape index (κ1) is 22.3. The van der Waals surface area contributed by atoms with Gasteiger partial charge < -0.3 is 10.1 Å². The summed E-state index contributed by atoms with van der Waals surface area (Å²) < 4.78 is 5.99. The summed E-state index contributed by atoms with van der Waals surface area (Å²) in [5.74, 6) is 0.455. The highest BCUT2D eigenvalue weighted by Gasteiger charge is 2.26. The molecule has 0 saturated carbocycles. The number of halogens is 1. The third-order valence-corrected chi connectivity index (χ3v) is 6.98. The first-order valence-electron chi connectivity index (χ1n) is 10.7. The van der Waals surface area contributed by atoms with Gasteiger partial charge in [0.1, 0.15) is 11.9 Å². The van der Waals surface area contributed by atoms with Crippen LogP contribution < -0.4 is 10.1 Å². The van der Waals surface area contributed by atoms with Crippen molar-refractivity contribution in [2.75, 3.05) is 6.54 Å². The van der Waals surface area contributed by atoms with Crippen molar-refractivity contribution in [2.45, 2.75) is 19.4 Å². The van der Waals surface area contributed by atoms with Crippen molar-refractivity contribution < 1.29 is 14.3 Å². The molecule has 0 bridgehead atoms. The number of ketones is 1. The van der Waals surface area contributed by atoms with E-state index in [1.54, 1.807) is 19.2 Å². The lowest BCUT2D eigenvalue weighted by Crippen LogP contribution is -2.33. The number of carbonyl (C=O) groups excluding carboxylic acids is 2. The molecule has 1 atom stereocenters. The fourth-order valence-electron chi connectivity index (χ4n) is 3.81. The minimum absolute atomic E-state index is 0.0457. The van der Waals surface area contributed by atoms with Gasteiger partial charge in [0.2, 0.25) is 5.91 Å². The van der Waals surface area contributed by atoms with Gasteiger partial charge in [-0.2, -0.15) is 0 Å². The number of Topliss-reactive ketones (excluding diaryl/α,β-unsaturated/α-hetero) is 1. The Balaban J connectivity index is 1.21. The van der Waals surface area contributed by atoms with Gasteiger partial charge in [-0.15, -0.1) is 11.3 Å². The molecule has 1 amide bonds. The van der Waals surface area contributed by atoms with E-state index in [1.807, 2.05) is 48.5 Å². The van der Waals surface area contributed by atoms with Gasteiger partial charge in [-0.1, -0.05) is 23.7 Å². The number of ether oxygens (including phenoxy) is 1. The van der Waals surface area contributed by atoms with E-state index in [2.05, 4.69) is 15.3 Å². The standard InChI is InChI=1S/C26H20ClN3O3S/c1-15(31)23-7-8-24(34-23)16-10-17-11-19(33-26(17)20(27)12-16)14-29-25(32)9-6-18-13-28-21-4-2-3-5-22(21)30-18/h2-10,12-13,19H,11,14H2,1H3,(H,29,32). The van der Waals surface area contributed by atoms with Gasteiger partial charge in [-0.25, -0.2) is 4.98 Å². The van der Waals surface area contributed by atoms with Crippen molar-refractivity contribution in [2.24, 2.45) is 0 Å². The highest BCUT2D eigenvalue weighted by Crippen LogP contribution is 2.41. The van der Waals surface area contributed by atoms with E-state index in [4.69, 9.17) is 16.3 Å². The van der Waals surface area contributed by atoms with Crippen molar-refractivity contribution >= 4 is 51.7 Å². The van der Waals surface area contributed by atoms with Crippen molar-refractivity contribution in [3.8, 4) is 16.2 Å². The summed E-state index contributed by atoms with van der Waals surface area (Å²) in [6, 6.07) is 15.2. The summed E-state index contributed by atoms with van der Waals surface area (Å²) >= 11 is 7.93. The minimum Gasteiger partial charge on any atom is -0.486 e. The Kier molecular flexibility index (Phi) is 6.13. The van der Waals surface area contributed by atoms with Crippen LogP contribution in [0, 0.1) is 0 Å². The highest BCUT2D eigenvalue weighted by molar-refractivity contribution is 7.17. The van der Waals surface area contributed by atoms with Gasteiger partial charge in [0, 0.05) is 22.9 Å². The molecule has 1 unspecified atom stereocenters. The number of amides is 1. The van der Waals surface area contributed by atoms with Gasteiger partial charge in [-0.3, -0.25) is 14.6 Å². The number of hydrogen-bond acceptors (Lipinski definition) is 6. The quantitative estimate of drug-likeness (QED) is 0.292. The van der Waals surface area contributed by atoms with Gasteiger partial charge in [0.05, 0.1) is 39.4 Å². The number of fused-ring (bicyclic) bond motifs is 2. The Hall–Kier alpha value is -3.55. The molecule has 170 valence electrons. The third-order valence-electron chi connectivity index (χ3n) is 5.47. The minimum atomic E-state index is -0.239. The SMILES string of the molecule is CC(=O)c1ccc(-c2cc(Cl)c3c(c2)CC(CNC(=O)C=Cc2cnc4ccccc4n2)O3)s1. The number of para-hydroxylation sites is 2. The van der Waals surface area contributed by atoms with Crippen LogP contribution >= 0.6 is 22.9 Å². The molecule has 0 spiro atoms. The monoisotopic (exact) mass is 489 g/mol. The van der Waals surface area contributed by atoms with Crippen LogP contribution in [-0.4, -0.2) is 34.3 Å². The number of thiophene rings is 1. The van der Waals surface area contributed by atoms with Crippen LogP contribution in [0.2, 0.25) is 5.02 Å². The topological polar surface area (TPSA) is 81.2 Å². The van der Waals surface area contributed by atoms with Crippen LogP contribution in [0.1, 0.15) is 27.9 Å². The molecule has 2 aromatic heterocycles. The zero-order valence-electron chi connectivity index (χ0n) is 18.2. The normalized spacial score (nSPS) is 14.8. The lowest BCUT2D eigenvalue weighted by Gasteiger charge is -2.11. The van der Waals surface area contributed by atoms with Crippen LogP contribution in [0.25, 0.3) is 27.6 Å². The molecule has 34 heavy (non-hydrogen) atoms. The molecule has 0 radical (unpaired) electrons. The van der Waals surface area contributed by atoms with Crippen molar-refractivity contribution in [3.05, 3.63) is 82.0 Å². The number of aromatic nitrogens is 2. The maximum atomic E-state index is 12.3. The molecule has 0 saturated heterocycles. The predicted molar refractivity (Wildman–Crippen MR) is 134 cm³/mol. The molecule has 2 aromatic carbocycles. The Morgan fingerprint density at radius 1 is 1.21 bits per heavy atom. The van der Waals surface area contributed by atoms with Crippen molar-refractivity contribution in [1.82, 2.24) is 15.3 Å². The maximum Gasteiger partial charge on any atom is 0.244 e. The lowest BCUT2D eigenvalue weighted by atomic mass is 10.1. The summed E-state index contributed by atoms with van der Waals surface area (Å²) in [5.41, 5.74) is 4.13. The number of nitrogens with one attached hydrogen (secondary N) is 1. The summed E-state index contributed by atoms with van der Waals surface area (Å²) in [6.45, 7) is 1.91. The molecule has 0 fully saturated rings. The smallest absolute Gasteiger partial charge is 0.244 e. The number of nitrogens with zero attached hydrogens (tertiary/aromatic N) is 2. The maximum absolute atomic E-state index is 12.3. The van der Waals surface area contributed by atoms with Gasteiger partial charge in [0.15, 0.2) is 5.78 Å². The van der Waals surface area contributed by atoms with Crippen molar-refractivity contribution in [1.29, 1.82) is 0 Å². The molecule has 5 rings (SSSR count). The first-order chi connectivity index (χ1) is 16.5. The average molecular weight is 490 g/mol. The number of rotatable bonds is 6. The summed E-state index contributed by atoms with van der Waals surface area (Å²) in [5, 5.41) is 3.39. The zero-order valence-corrected chi connectivity index (χ0v) is 19.8. The van der Waals surface area contributed by atoms with E-state index in [-0.39, 0.29) is 17.8 Å². The number of benzene rings is 2. The van der Waals surface area contributed by atoms with Crippen LogP contribution in [-0.2, 0) is 11.2 Å². The van der Waals surface area contributed by atoms with Crippen LogP contribution in [0.15, 0.2) is 60.8 Å². The average Bonchev–Trinajstić information content (AvgIpc) is 3.49. The second kappa shape index (κ2) is 9.37. The second-order valence-electron chi connectivity index (χ2n) is 7.97. The van der Waals surface area contributed by atoms with Crippen LogP contribution in [0.5, 0.6) is 5.75 Å². The molecule has 3 heterocycles. The van der Waals surface area contributed by atoms with Gasteiger partial charge in [0.25, 0.3) is 0 Å². The van der Waals surface area contributed by atoms with E-state index < -0.39 is 0 Å². The van der Waals surface area contributed by atoms with E-state index in [0.717, 1.165) is 27.0 Å². The largest absolute Gasteiger partial charge is 0.486 e. The molecule has 1 aliphatic rings. The Labute approximate surface area is 205 Å². The molecule has 0 aliphatic carbocycles. The third kappa shape index (κ3) is 4.71. The van der Waals surface area contributed by atoms with Gasteiger partial charge >= 0.3 is 0 Å². The highest BCUT2D eigenvalue weighted by atomic mass is 35.5. The first-order valence-corrected chi connectivity index (χ1v) is 11.9. The van der Waals surface area contributed by atoms with E-state index in [0.29, 0.717) is 34.3 Å². The van der Waals surface area contributed by atoms with Crippen molar-refractivity contribution in [3.63, 3.8) is 0 Å². The lowest BCUT2D eigenvalue weighted by molar-refractivity contribution is -0.116. The molecular weight excluding hydrogens is 470 g/mol. The summed E-state index contributed by atoms with van der Waals surface area (Å²) in [7, 11) is 0. The molecule has 8 heteroatoms. The summed E-state index contributed by atoms with van der Waals surface area (Å²) in [4.78, 5) is 34.4. The van der Waals surface area contributed by atoms with Crippen LogP contribution in [0.4, 0.5) is 0 Å². The Bertz CT molecular complexity index is 1450. The molecule has 1 aliphatic heterocycles. The molecular formula is C26H20ClN3O3S. The Morgan fingerprint density at radius 3 is 2.82 bits per heavy atom. The second-order valence-corrected chi connectivity index (χ2v) is 9.46. The summed E-state index contributed by atoms with van der Waals surface area (Å²) in [6.07, 6.45) is 5.13. The predicted octanol–water partition coefficient (Wildman–Crippen LogP) is 5.35. The fraction of sp³-hybridized carbons (Fsp3) is 0.154. The molecule has 4 aromatic rings. The zero-order chi connectivity index (χ0) is 23.7.